The van der Waals surface area contributed by atoms with E-state index in [1.807, 2.05) is 18.2 Å². The first-order valence-corrected chi connectivity index (χ1v) is 4.01. The van der Waals surface area contributed by atoms with Crippen molar-refractivity contribution in [2.45, 2.75) is 16.4 Å². The zero-order valence-corrected chi connectivity index (χ0v) is 7.50. The molecule has 1 nitrogen and oxygen atoms in total. The van der Waals surface area contributed by atoms with Crippen LogP contribution in [0.15, 0.2) is 24.3 Å². The number of allylic oxidation sites excluding steroid dienone is 2. The average molecular weight is 235 g/mol. The van der Waals surface area contributed by atoms with E-state index in [-0.39, 0.29) is 9.46 Å². The highest BCUT2D eigenvalue weighted by molar-refractivity contribution is 14.1. The number of alkyl halides is 1. The Morgan fingerprint density at radius 3 is 2.56 bits per heavy atom. The Labute approximate surface area is 69.1 Å². The molecule has 0 fully saturated rings. The summed E-state index contributed by atoms with van der Waals surface area (Å²) >= 11 is 2.35. The van der Waals surface area contributed by atoms with Crippen LogP contribution in [0.4, 0.5) is 0 Å². The van der Waals surface area contributed by atoms with Crippen molar-refractivity contribution in [2.75, 3.05) is 0 Å². The molecule has 0 bridgehead atoms. The summed E-state index contributed by atoms with van der Waals surface area (Å²) in [5.41, 5.74) is 5.77. The van der Waals surface area contributed by atoms with E-state index in [0.29, 0.717) is 0 Å². The molecular formula is C7H10IN. The zero-order chi connectivity index (χ0) is 6.91. The zero-order valence-electron chi connectivity index (χ0n) is 5.34. The van der Waals surface area contributed by atoms with Crippen LogP contribution in [0.1, 0.15) is 6.92 Å². The first kappa shape index (κ1) is 7.28. The summed E-state index contributed by atoms with van der Waals surface area (Å²) in [5.74, 6) is 0. The lowest BCUT2D eigenvalue weighted by Crippen LogP contribution is -2.38. The molecule has 2 atom stereocenters. The number of hydrogen-bond donors (Lipinski definition) is 1. The second-order valence-electron chi connectivity index (χ2n) is 2.42. The van der Waals surface area contributed by atoms with E-state index in [1.165, 1.54) is 0 Å². The van der Waals surface area contributed by atoms with Gasteiger partial charge in [0.1, 0.15) is 0 Å². The molecule has 2 heteroatoms. The van der Waals surface area contributed by atoms with Crippen molar-refractivity contribution in [2.24, 2.45) is 5.73 Å². The minimum Gasteiger partial charge on any atom is -0.323 e. The molecule has 9 heavy (non-hydrogen) atoms. The number of nitrogens with two attached hydrogens (primary N) is 1. The Hall–Kier alpha value is 0.170. The molecule has 2 unspecified atom stereocenters. The van der Waals surface area contributed by atoms with Gasteiger partial charge in [-0.3, -0.25) is 0 Å². The Morgan fingerprint density at radius 2 is 2.22 bits per heavy atom. The van der Waals surface area contributed by atoms with Crippen molar-refractivity contribution in [1.82, 2.24) is 0 Å². The molecule has 1 aliphatic rings. The van der Waals surface area contributed by atoms with Gasteiger partial charge in [-0.2, -0.15) is 0 Å². The minimum atomic E-state index is 0.118. The highest BCUT2D eigenvalue weighted by Crippen LogP contribution is 2.26. The Morgan fingerprint density at radius 1 is 1.56 bits per heavy atom. The Balaban J connectivity index is 2.78. The van der Waals surface area contributed by atoms with E-state index in [9.17, 15) is 0 Å². The van der Waals surface area contributed by atoms with E-state index in [2.05, 4.69) is 35.6 Å². The van der Waals surface area contributed by atoms with Crippen LogP contribution in [0.25, 0.3) is 0 Å². The van der Waals surface area contributed by atoms with Crippen LogP contribution in [-0.2, 0) is 0 Å². The SMILES string of the molecule is CC1(I)C=CC=CC1N. The van der Waals surface area contributed by atoms with Crippen LogP contribution in [-0.4, -0.2) is 9.46 Å². The molecular weight excluding hydrogens is 225 g/mol. The fourth-order valence-electron chi connectivity index (χ4n) is 0.727. The second-order valence-corrected chi connectivity index (χ2v) is 4.75. The van der Waals surface area contributed by atoms with Gasteiger partial charge in [0.25, 0.3) is 0 Å². The lowest BCUT2D eigenvalue weighted by Gasteiger charge is -2.25. The fourth-order valence-corrected chi connectivity index (χ4v) is 1.14. The van der Waals surface area contributed by atoms with Gasteiger partial charge in [-0.05, 0) is 6.92 Å². The van der Waals surface area contributed by atoms with Gasteiger partial charge in [0.05, 0.1) is 3.42 Å². The molecule has 2 N–H and O–H groups in total. The van der Waals surface area contributed by atoms with Crippen molar-refractivity contribution < 1.29 is 0 Å². The number of hydrogen-bond acceptors (Lipinski definition) is 1. The van der Waals surface area contributed by atoms with Crippen LogP contribution < -0.4 is 5.73 Å². The molecule has 0 aromatic carbocycles. The predicted molar refractivity (Wildman–Crippen MR) is 48.7 cm³/mol. The van der Waals surface area contributed by atoms with Crippen LogP contribution in [0.5, 0.6) is 0 Å². The number of rotatable bonds is 0. The highest BCUT2D eigenvalue weighted by Gasteiger charge is 2.24. The third kappa shape index (κ3) is 1.55. The van der Waals surface area contributed by atoms with E-state index >= 15 is 0 Å². The molecule has 0 aromatic heterocycles. The van der Waals surface area contributed by atoms with E-state index < -0.39 is 0 Å². The second kappa shape index (κ2) is 2.42. The lowest BCUT2D eigenvalue weighted by molar-refractivity contribution is 0.702. The largest absolute Gasteiger partial charge is 0.323 e. The molecule has 1 aliphatic carbocycles. The fraction of sp³-hybridized carbons (Fsp3) is 0.429. The molecule has 0 aliphatic heterocycles. The van der Waals surface area contributed by atoms with Gasteiger partial charge < -0.3 is 5.73 Å². The molecule has 0 saturated carbocycles. The van der Waals surface area contributed by atoms with Crippen LogP contribution >= 0.6 is 22.6 Å². The van der Waals surface area contributed by atoms with Gasteiger partial charge in [-0.15, -0.1) is 0 Å². The topological polar surface area (TPSA) is 26.0 Å². The monoisotopic (exact) mass is 235 g/mol. The summed E-state index contributed by atoms with van der Waals surface area (Å²) in [6.45, 7) is 2.12. The van der Waals surface area contributed by atoms with Gasteiger partial charge in [0.2, 0.25) is 0 Å². The first-order valence-electron chi connectivity index (χ1n) is 2.93. The molecule has 1 rings (SSSR count). The highest BCUT2D eigenvalue weighted by atomic mass is 127. The van der Waals surface area contributed by atoms with Gasteiger partial charge in [-0.25, -0.2) is 0 Å². The Bertz CT molecular complexity index is 158. The molecule has 0 heterocycles. The molecule has 0 aromatic rings. The smallest absolute Gasteiger partial charge is 0.0562 e. The van der Waals surface area contributed by atoms with Crippen molar-refractivity contribution in [1.29, 1.82) is 0 Å². The normalized spacial score (nSPS) is 41.4. The van der Waals surface area contributed by atoms with Gasteiger partial charge in [-0.1, -0.05) is 46.9 Å². The van der Waals surface area contributed by atoms with Crippen molar-refractivity contribution in [3.05, 3.63) is 24.3 Å². The molecule has 50 valence electrons. The maximum absolute atomic E-state index is 5.77. The predicted octanol–water partition coefficient (Wildman–Crippen LogP) is 1.63. The van der Waals surface area contributed by atoms with E-state index in [1.54, 1.807) is 0 Å². The maximum Gasteiger partial charge on any atom is 0.0562 e. The van der Waals surface area contributed by atoms with Crippen molar-refractivity contribution in [3.63, 3.8) is 0 Å². The van der Waals surface area contributed by atoms with Gasteiger partial charge in [0.15, 0.2) is 0 Å². The summed E-state index contributed by atoms with van der Waals surface area (Å²) in [5, 5.41) is 0. The molecule has 0 spiro atoms. The van der Waals surface area contributed by atoms with Gasteiger partial charge >= 0.3 is 0 Å². The average Bonchev–Trinajstić information content (AvgIpc) is 1.77. The summed E-state index contributed by atoms with van der Waals surface area (Å²) in [6.07, 6.45) is 8.17. The summed E-state index contributed by atoms with van der Waals surface area (Å²) in [7, 11) is 0. The van der Waals surface area contributed by atoms with E-state index in [0.717, 1.165) is 0 Å². The number of halogens is 1. The van der Waals surface area contributed by atoms with Crippen LogP contribution in [0.3, 0.4) is 0 Å². The summed E-state index contributed by atoms with van der Waals surface area (Å²) in [6, 6.07) is 0.170. The third-order valence-corrected chi connectivity index (χ3v) is 2.58. The van der Waals surface area contributed by atoms with Crippen molar-refractivity contribution in [3.8, 4) is 0 Å². The molecule has 0 radical (unpaired) electrons. The summed E-state index contributed by atoms with van der Waals surface area (Å²) < 4.78 is 0.118. The Kier molecular flexibility index (Phi) is 1.96. The van der Waals surface area contributed by atoms with Crippen molar-refractivity contribution >= 4 is 22.6 Å². The van der Waals surface area contributed by atoms with Gasteiger partial charge in [0, 0.05) is 6.04 Å². The quantitative estimate of drug-likeness (QED) is 0.501. The first-order chi connectivity index (χ1) is 4.13. The standard InChI is InChI=1S/C7H10IN/c1-7(8)5-3-2-4-6(7)9/h2-6H,9H2,1H3. The van der Waals surface area contributed by atoms with Crippen LogP contribution in [0, 0.1) is 0 Å². The summed E-state index contributed by atoms with van der Waals surface area (Å²) in [4.78, 5) is 0. The third-order valence-electron chi connectivity index (χ3n) is 1.50. The molecule has 0 amide bonds. The van der Waals surface area contributed by atoms with E-state index in [4.69, 9.17) is 5.73 Å². The molecule has 0 saturated heterocycles. The minimum absolute atomic E-state index is 0.118. The maximum atomic E-state index is 5.77. The lowest BCUT2D eigenvalue weighted by atomic mass is 9.98. The van der Waals surface area contributed by atoms with Crippen LogP contribution in [0.2, 0.25) is 0 Å².